The first-order chi connectivity index (χ1) is 6.63. The summed E-state index contributed by atoms with van der Waals surface area (Å²) in [4.78, 5) is 8.16. The fourth-order valence-corrected chi connectivity index (χ4v) is 1.55. The number of fused-ring (bicyclic) bond motifs is 1. The Labute approximate surface area is 82.6 Å². The monoisotopic (exact) mass is 190 g/mol. The largest absolute Gasteiger partial charge is 0.368 e. The van der Waals surface area contributed by atoms with Crippen LogP contribution in [0, 0.1) is 0 Å². The third-order valence-corrected chi connectivity index (χ3v) is 2.64. The van der Waals surface area contributed by atoms with Crippen molar-refractivity contribution in [2.24, 2.45) is 0 Å². The van der Waals surface area contributed by atoms with Gasteiger partial charge in [0.15, 0.2) is 0 Å². The van der Waals surface area contributed by atoms with Crippen molar-refractivity contribution in [2.45, 2.75) is 18.9 Å². The fraction of sp³-hybridized carbons (Fsp3) is 0.400. The first kappa shape index (κ1) is 9.15. The van der Waals surface area contributed by atoms with Gasteiger partial charge in [0.1, 0.15) is 0 Å². The molecule has 0 aliphatic heterocycles. The van der Waals surface area contributed by atoms with Crippen molar-refractivity contribution in [1.82, 2.24) is 15.3 Å². The predicted molar refractivity (Wildman–Crippen MR) is 56.7 cm³/mol. The minimum atomic E-state index is -0.0200. The summed E-state index contributed by atoms with van der Waals surface area (Å²) in [6, 6.07) is 0. The Morgan fingerprint density at radius 2 is 2.36 bits per heavy atom. The highest BCUT2D eigenvalue weighted by Crippen LogP contribution is 2.12. The molecule has 0 amide bonds. The molecule has 0 fully saturated rings. The topological polar surface area (TPSA) is 63.8 Å². The highest BCUT2D eigenvalue weighted by Gasteiger charge is 2.19. The van der Waals surface area contributed by atoms with Crippen molar-refractivity contribution in [1.29, 1.82) is 0 Å². The number of nitrogens with one attached hydrogen (secondary N) is 1. The zero-order valence-electron chi connectivity index (χ0n) is 8.41. The van der Waals surface area contributed by atoms with Gasteiger partial charge in [0.05, 0.1) is 5.35 Å². The van der Waals surface area contributed by atoms with E-state index in [1.54, 1.807) is 6.20 Å². The lowest BCUT2D eigenvalue weighted by atomic mass is 9.93. The van der Waals surface area contributed by atoms with Gasteiger partial charge >= 0.3 is 0 Å². The summed E-state index contributed by atoms with van der Waals surface area (Å²) in [7, 11) is 1.94. The van der Waals surface area contributed by atoms with Crippen LogP contribution in [0.5, 0.6) is 0 Å². The molecule has 0 saturated heterocycles. The normalized spacial score (nSPS) is 24.7. The van der Waals surface area contributed by atoms with Crippen molar-refractivity contribution in [3.05, 3.63) is 16.8 Å². The van der Waals surface area contributed by atoms with E-state index < -0.39 is 0 Å². The van der Waals surface area contributed by atoms with E-state index in [2.05, 4.69) is 34.4 Å². The first-order valence-electron chi connectivity index (χ1n) is 4.63. The smallest absolute Gasteiger partial charge is 0.220 e. The molecule has 2 rings (SSSR count). The molecular formula is C10H14N4. The minimum Gasteiger partial charge on any atom is -0.368 e. The third kappa shape index (κ3) is 1.48. The Morgan fingerprint density at radius 3 is 3.07 bits per heavy atom. The molecule has 1 aromatic rings. The van der Waals surface area contributed by atoms with Gasteiger partial charge in [-0.15, -0.1) is 0 Å². The van der Waals surface area contributed by atoms with Crippen molar-refractivity contribution in [3.8, 4) is 0 Å². The Morgan fingerprint density at radius 1 is 1.57 bits per heavy atom. The Kier molecular flexibility index (Phi) is 2.00. The molecule has 14 heavy (non-hydrogen) atoms. The lowest BCUT2D eigenvalue weighted by Gasteiger charge is -2.25. The highest BCUT2D eigenvalue weighted by atomic mass is 15.0. The lowest BCUT2D eigenvalue weighted by molar-refractivity contribution is 0.519. The molecule has 1 aromatic heterocycles. The summed E-state index contributed by atoms with van der Waals surface area (Å²) in [6.45, 7) is 2.13. The molecule has 1 aliphatic carbocycles. The van der Waals surface area contributed by atoms with Gasteiger partial charge in [0, 0.05) is 17.0 Å². The Hall–Kier alpha value is -1.42. The quantitative estimate of drug-likeness (QED) is 0.596. The van der Waals surface area contributed by atoms with Gasteiger partial charge < -0.3 is 11.1 Å². The summed E-state index contributed by atoms with van der Waals surface area (Å²) in [6.07, 6.45) is 6.94. The molecule has 1 aliphatic rings. The number of aromatic nitrogens is 2. The molecule has 1 heterocycles. The van der Waals surface area contributed by atoms with Gasteiger partial charge in [-0.2, -0.15) is 0 Å². The van der Waals surface area contributed by atoms with Crippen LogP contribution in [0.15, 0.2) is 6.20 Å². The van der Waals surface area contributed by atoms with Crippen LogP contribution in [0.1, 0.15) is 13.3 Å². The molecule has 0 radical (unpaired) electrons. The van der Waals surface area contributed by atoms with Crippen LogP contribution in [-0.4, -0.2) is 22.6 Å². The second-order valence-electron chi connectivity index (χ2n) is 3.79. The summed E-state index contributed by atoms with van der Waals surface area (Å²) >= 11 is 0. The van der Waals surface area contributed by atoms with Gasteiger partial charge in [-0.05, 0) is 26.5 Å². The van der Waals surface area contributed by atoms with E-state index in [-0.39, 0.29) is 5.54 Å². The van der Waals surface area contributed by atoms with Gasteiger partial charge in [0.2, 0.25) is 5.95 Å². The number of hydrogen-bond acceptors (Lipinski definition) is 4. The molecular weight excluding hydrogens is 176 g/mol. The fourth-order valence-electron chi connectivity index (χ4n) is 1.55. The Bertz CT molecular complexity index is 466. The van der Waals surface area contributed by atoms with E-state index in [0.29, 0.717) is 5.95 Å². The molecule has 74 valence electrons. The second-order valence-corrected chi connectivity index (χ2v) is 3.79. The molecule has 0 aromatic carbocycles. The van der Waals surface area contributed by atoms with Crippen LogP contribution in [0.4, 0.5) is 5.95 Å². The highest BCUT2D eigenvalue weighted by molar-refractivity contribution is 5.46. The van der Waals surface area contributed by atoms with Crippen LogP contribution in [-0.2, 0) is 0 Å². The predicted octanol–water partition coefficient (Wildman–Crippen LogP) is -0.998. The average molecular weight is 190 g/mol. The van der Waals surface area contributed by atoms with Crippen LogP contribution < -0.4 is 21.6 Å². The first-order valence-corrected chi connectivity index (χ1v) is 4.63. The van der Waals surface area contributed by atoms with E-state index >= 15 is 0 Å². The standard InChI is InChI=1S/C10H14N4/c1-10(12-2)4-3-7-6-13-9(11)14-8(7)5-10/h3,5-6,12H,4H2,1-2H3,(H2,11,14). The summed E-state index contributed by atoms with van der Waals surface area (Å²) in [5, 5.41) is 5.23. The molecule has 1 atom stereocenters. The van der Waals surface area contributed by atoms with Gasteiger partial charge in [-0.25, -0.2) is 9.97 Å². The lowest BCUT2D eigenvalue weighted by Crippen LogP contribution is -2.45. The summed E-state index contributed by atoms with van der Waals surface area (Å²) < 4.78 is 0. The van der Waals surface area contributed by atoms with E-state index in [1.165, 1.54) is 0 Å². The zero-order valence-corrected chi connectivity index (χ0v) is 8.41. The number of anilines is 1. The van der Waals surface area contributed by atoms with Crippen LogP contribution in [0.2, 0.25) is 0 Å². The maximum Gasteiger partial charge on any atom is 0.220 e. The summed E-state index contributed by atoms with van der Waals surface area (Å²) in [5.74, 6) is 0.328. The maximum atomic E-state index is 5.54. The molecule has 0 spiro atoms. The number of rotatable bonds is 1. The zero-order chi connectivity index (χ0) is 10.2. The minimum absolute atomic E-state index is 0.0200. The van der Waals surface area contributed by atoms with Gasteiger partial charge in [-0.3, -0.25) is 0 Å². The molecule has 4 nitrogen and oxygen atoms in total. The third-order valence-electron chi connectivity index (χ3n) is 2.64. The van der Waals surface area contributed by atoms with Gasteiger partial charge in [-0.1, -0.05) is 6.08 Å². The average Bonchev–Trinajstić information content (AvgIpc) is 2.17. The van der Waals surface area contributed by atoms with Crippen molar-refractivity contribution >= 4 is 18.1 Å². The van der Waals surface area contributed by atoms with E-state index in [9.17, 15) is 0 Å². The van der Waals surface area contributed by atoms with Crippen LogP contribution in [0.3, 0.4) is 0 Å². The van der Waals surface area contributed by atoms with Crippen LogP contribution >= 0.6 is 0 Å². The van der Waals surface area contributed by atoms with E-state index in [4.69, 9.17) is 5.73 Å². The number of nitrogens with zero attached hydrogens (tertiary/aromatic N) is 2. The number of nitrogens with two attached hydrogens (primary N) is 1. The van der Waals surface area contributed by atoms with Gasteiger partial charge in [0.25, 0.3) is 0 Å². The van der Waals surface area contributed by atoms with E-state index in [1.807, 2.05) is 7.05 Å². The maximum absolute atomic E-state index is 5.54. The molecule has 3 N–H and O–H groups in total. The molecule has 0 saturated carbocycles. The molecule has 0 bridgehead atoms. The van der Waals surface area contributed by atoms with Crippen molar-refractivity contribution in [2.75, 3.05) is 12.8 Å². The van der Waals surface area contributed by atoms with Crippen molar-refractivity contribution < 1.29 is 0 Å². The SMILES string of the molecule is CNC1(C)C=c2nc(N)ncc2=CC1. The second kappa shape index (κ2) is 3.06. The molecule has 4 heteroatoms. The van der Waals surface area contributed by atoms with Crippen LogP contribution in [0.25, 0.3) is 12.2 Å². The number of nitrogen functional groups attached to an aromatic ring is 1. The molecule has 1 unspecified atom stereocenters. The van der Waals surface area contributed by atoms with E-state index in [0.717, 1.165) is 17.0 Å². The Balaban J connectivity index is 2.64. The summed E-state index contributed by atoms with van der Waals surface area (Å²) in [5.41, 5.74) is 5.52. The number of hydrogen-bond donors (Lipinski definition) is 2. The van der Waals surface area contributed by atoms with Crippen molar-refractivity contribution in [3.63, 3.8) is 0 Å².